The standard InChI is InChI=1S/C23H23F3N6O4/c1-13-12-28-20(31-22(13,27)14-2-4-18-16(10-14)30-21(33)35-18)29-15-3-5-19(36-23(24,25)26)17(11-15)32-6-8-34-9-7-32/h2-5,10-12H,6-9,27H2,1H3,(H,30,33)(H2,28,29,31). The van der Waals surface area contributed by atoms with Crippen LogP contribution in [-0.4, -0.2) is 43.6 Å². The first-order chi connectivity index (χ1) is 17.1. The summed E-state index contributed by atoms with van der Waals surface area (Å²) < 4.78 is 53.6. The summed E-state index contributed by atoms with van der Waals surface area (Å²) >= 11 is 0. The van der Waals surface area contributed by atoms with Gasteiger partial charge in [0.1, 0.15) is 5.66 Å². The number of hydrogen-bond donors (Lipinski definition) is 4. The van der Waals surface area contributed by atoms with Gasteiger partial charge in [0, 0.05) is 25.0 Å². The molecule has 2 aromatic carbocycles. The third-order valence-corrected chi connectivity index (χ3v) is 6.00. The molecule has 0 saturated carbocycles. The van der Waals surface area contributed by atoms with Gasteiger partial charge in [-0.05, 0) is 48.4 Å². The van der Waals surface area contributed by atoms with Crippen LogP contribution >= 0.6 is 0 Å². The fourth-order valence-electron chi connectivity index (χ4n) is 4.14. The fraction of sp³-hybridized carbons (Fsp3) is 0.304. The maximum absolute atomic E-state index is 13.0. The summed E-state index contributed by atoms with van der Waals surface area (Å²) in [6.07, 6.45) is -3.24. The van der Waals surface area contributed by atoms with Gasteiger partial charge in [-0.3, -0.25) is 4.98 Å². The lowest BCUT2D eigenvalue weighted by molar-refractivity contribution is -0.274. The molecule has 1 unspecified atom stereocenters. The van der Waals surface area contributed by atoms with Crippen LogP contribution in [0.1, 0.15) is 12.5 Å². The number of alkyl halides is 3. The van der Waals surface area contributed by atoms with E-state index in [1.807, 2.05) is 0 Å². The molecule has 0 bridgehead atoms. The smallest absolute Gasteiger partial charge is 0.408 e. The maximum Gasteiger partial charge on any atom is 0.573 e. The number of aromatic nitrogens is 1. The lowest BCUT2D eigenvalue weighted by atomic mass is 9.92. The Morgan fingerprint density at radius 1 is 1.19 bits per heavy atom. The van der Waals surface area contributed by atoms with E-state index in [-0.39, 0.29) is 17.4 Å². The number of morpholine rings is 1. The van der Waals surface area contributed by atoms with E-state index in [1.54, 1.807) is 42.3 Å². The van der Waals surface area contributed by atoms with Crippen molar-refractivity contribution in [1.29, 1.82) is 0 Å². The second-order valence-corrected chi connectivity index (χ2v) is 8.40. The molecule has 36 heavy (non-hydrogen) atoms. The van der Waals surface area contributed by atoms with E-state index in [1.165, 1.54) is 12.1 Å². The SMILES string of the molecule is CC1=CN=C(Nc2ccc(OC(F)(F)F)c(N3CCOCC3)c2)NC1(N)c1ccc2oc(=O)[nH]c2c1. The van der Waals surface area contributed by atoms with Crippen molar-refractivity contribution < 1.29 is 27.1 Å². The number of anilines is 2. The lowest BCUT2D eigenvalue weighted by Crippen LogP contribution is -2.57. The highest BCUT2D eigenvalue weighted by atomic mass is 19.4. The van der Waals surface area contributed by atoms with Crippen LogP contribution < -0.4 is 31.8 Å². The first kappa shape index (κ1) is 23.8. The van der Waals surface area contributed by atoms with Gasteiger partial charge in [0.15, 0.2) is 11.3 Å². The van der Waals surface area contributed by atoms with Gasteiger partial charge in [0.2, 0.25) is 5.96 Å². The summed E-state index contributed by atoms with van der Waals surface area (Å²) in [5.74, 6) is -0.601. The Labute approximate surface area is 202 Å². The number of nitrogens with zero attached hydrogens (tertiary/aromatic N) is 2. The van der Waals surface area contributed by atoms with Crippen LogP contribution in [0.2, 0.25) is 0 Å². The molecule has 1 atom stereocenters. The van der Waals surface area contributed by atoms with Gasteiger partial charge in [-0.25, -0.2) is 9.79 Å². The number of benzene rings is 2. The van der Waals surface area contributed by atoms with Crippen molar-refractivity contribution in [3.8, 4) is 5.75 Å². The number of hydrogen-bond acceptors (Lipinski definition) is 9. The van der Waals surface area contributed by atoms with Gasteiger partial charge in [-0.15, -0.1) is 13.2 Å². The molecule has 0 amide bonds. The Bertz CT molecular complexity index is 1410. The zero-order valence-corrected chi connectivity index (χ0v) is 19.1. The van der Waals surface area contributed by atoms with Crippen LogP contribution in [0.4, 0.5) is 24.5 Å². The van der Waals surface area contributed by atoms with Crippen molar-refractivity contribution >= 4 is 28.4 Å². The number of halogens is 3. The van der Waals surface area contributed by atoms with Crippen LogP contribution in [0, 0.1) is 0 Å². The quantitative estimate of drug-likeness (QED) is 0.427. The molecule has 0 spiro atoms. The minimum absolute atomic E-state index is 0.275. The van der Waals surface area contributed by atoms with Gasteiger partial charge >= 0.3 is 12.1 Å². The molecule has 5 rings (SSSR count). The molecule has 3 aromatic rings. The van der Waals surface area contributed by atoms with Crippen LogP contribution in [0.15, 0.2) is 62.4 Å². The van der Waals surface area contributed by atoms with E-state index < -0.39 is 17.8 Å². The highest BCUT2D eigenvalue weighted by Gasteiger charge is 2.35. The summed E-state index contributed by atoms with van der Waals surface area (Å²) in [6.45, 7) is 3.43. The molecule has 10 nitrogen and oxygen atoms in total. The molecule has 3 heterocycles. The highest BCUT2D eigenvalue weighted by Crippen LogP contribution is 2.36. The Hall–Kier alpha value is -3.97. The molecule has 5 N–H and O–H groups in total. The van der Waals surface area contributed by atoms with E-state index in [0.717, 1.165) is 0 Å². The number of aliphatic imine (C=N–C) groups is 1. The van der Waals surface area contributed by atoms with Gasteiger partial charge < -0.3 is 35.2 Å². The monoisotopic (exact) mass is 504 g/mol. The number of nitrogens with one attached hydrogen (secondary N) is 3. The van der Waals surface area contributed by atoms with E-state index in [4.69, 9.17) is 14.9 Å². The van der Waals surface area contributed by atoms with Crippen molar-refractivity contribution in [2.24, 2.45) is 10.7 Å². The number of oxazole rings is 1. The molecular weight excluding hydrogens is 481 g/mol. The number of nitrogens with two attached hydrogens (primary N) is 1. The van der Waals surface area contributed by atoms with Crippen LogP contribution in [-0.2, 0) is 10.4 Å². The number of aromatic amines is 1. The first-order valence-electron chi connectivity index (χ1n) is 11.1. The molecule has 190 valence electrons. The lowest BCUT2D eigenvalue weighted by Gasteiger charge is -2.36. The Balaban J connectivity index is 1.42. The topological polar surface area (TPSA) is 130 Å². The van der Waals surface area contributed by atoms with Crippen LogP contribution in [0.3, 0.4) is 0 Å². The predicted octanol–water partition coefficient (Wildman–Crippen LogP) is 2.94. The average Bonchev–Trinajstić information content (AvgIpc) is 3.21. The number of H-pyrrole nitrogens is 1. The molecule has 13 heteroatoms. The third-order valence-electron chi connectivity index (χ3n) is 6.00. The predicted molar refractivity (Wildman–Crippen MR) is 127 cm³/mol. The molecule has 1 fully saturated rings. The summed E-state index contributed by atoms with van der Waals surface area (Å²) in [4.78, 5) is 20.2. The number of ether oxygens (including phenoxy) is 2. The van der Waals surface area contributed by atoms with Gasteiger partial charge in [0.25, 0.3) is 0 Å². The molecule has 1 saturated heterocycles. The Morgan fingerprint density at radius 2 is 1.97 bits per heavy atom. The van der Waals surface area contributed by atoms with Crippen molar-refractivity contribution in [1.82, 2.24) is 10.3 Å². The Morgan fingerprint density at radius 3 is 2.72 bits per heavy atom. The minimum atomic E-state index is -4.83. The summed E-state index contributed by atoms with van der Waals surface area (Å²) in [7, 11) is 0. The first-order valence-corrected chi connectivity index (χ1v) is 11.1. The summed E-state index contributed by atoms with van der Waals surface area (Å²) in [5.41, 5.74) is 8.50. The Kier molecular flexibility index (Phi) is 5.88. The average molecular weight is 504 g/mol. The number of rotatable bonds is 4. The number of guanidine groups is 1. The zero-order chi connectivity index (χ0) is 25.5. The van der Waals surface area contributed by atoms with E-state index in [9.17, 15) is 18.0 Å². The van der Waals surface area contributed by atoms with Crippen LogP contribution in [0.5, 0.6) is 5.75 Å². The van der Waals surface area contributed by atoms with E-state index >= 15 is 0 Å². The molecule has 0 radical (unpaired) electrons. The van der Waals surface area contributed by atoms with Gasteiger partial charge in [-0.1, -0.05) is 6.07 Å². The molecule has 0 aliphatic carbocycles. The summed E-state index contributed by atoms with van der Waals surface area (Å²) in [5, 5.41) is 6.23. The third kappa shape index (κ3) is 4.75. The molecule has 2 aliphatic rings. The van der Waals surface area contributed by atoms with Crippen molar-refractivity contribution in [3.63, 3.8) is 0 Å². The minimum Gasteiger partial charge on any atom is -0.408 e. The molecular formula is C23H23F3N6O4. The fourth-order valence-corrected chi connectivity index (χ4v) is 4.14. The summed E-state index contributed by atoms with van der Waals surface area (Å²) in [6, 6.07) is 9.34. The zero-order valence-electron chi connectivity index (χ0n) is 19.1. The second kappa shape index (κ2) is 8.91. The highest BCUT2D eigenvalue weighted by molar-refractivity contribution is 5.96. The molecule has 2 aliphatic heterocycles. The van der Waals surface area contributed by atoms with E-state index in [0.29, 0.717) is 54.2 Å². The largest absolute Gasteiger partial charge is 0.573 e. The van der Waals surface area contributed by atoms with Crippen molar-refractivity contribution in [2.45, 2.75) is 18.9 Å². The molecule has 1 aromatic heterocycles. The van der Waals surface area contributed by atoms with Crippen molar-refractivity contribution in [2.75, 3.05) is 36.5 Å². The van der Waals surface area contributed by atoms with Crippen LogP contribution in [0.25, 0.3) is 11.1 Å². The van der Waals surface area contributed by atoms with E-state index in [2.05, 4.69) is 25.3 Å². The second-order valence-electron chi connectivity index (χ2n) is 8.40. The van der Waals surface area contributed by atoms with Crippen molar-refractivity contribution in [3.05, 3.63) is 64.3 Å². The number of fused-ring (bicyclic) bond motifs is 1. The normalized spacial score (nSPS) is 20.5. The van der Waals surface area contributed by atoms with Gasteiger partial charge in [0.05, 0.1) is 24.4 Å². The van der Waals surface area contributed by atoms with Gasteiger partial charge in [-0.2, -0.15) is 0 Å². The maximum atomic E-state index is 13.0.